The number of nitrogens with zero attached hydrogens (tertiary/aromatic N) is 1. The van der Waals surface area contributed by atoms with E-state index in [0.717, 1.165) is 134 Å². The largest absolute Gasteiger partial charge is 0.481 e. The van der Waals surface area contributed by atoms with Gasteiger partial charge in [-0.1, -0.05) is 103 Å². The van der Waals surface area contributed by atoms with E-state index in [9.17, 15) is 63.1 Å². The maximum atomic E-state index is 12.8. The molecule has 0 spiro atoms. The topological polar surface area (TPSA) is 365 Å². The molecule has 25 heteroatoms. The second-order valence-electron chi connectivity index (χ2n) is 50.0. The number of carboxylic acid groups (broad SMARTS) is 1. The smallest absolute Gasteiger partial charge is 0.344 e. The number of aliphatic carboxylic acids is 1. The van der Waals surface area contributed by atoms with Gasteiger partial charge in [-0.3, -0.25) is 47.9 Å². The fourth-order valence-electron chi connectivity index (χ4n) is 24.2. The molecule has 3 N–H and O–H groups in total. The Balaban J connectivity index is 0.000000194. The van der Waals surface area contributed by atoms with Crippen molar-refractivity contribution in [2.24, 2.45) is 126 Å². The van der Waals surface area contributed by atoms with E-state index < -0.39 is 75.4 Å². The number of carbonyl (C=O) groups is 11. The number of rotatable bonds is 29. The molecule has 17 fully saturated rings. The van der Waals surface area contributed by atoms with Gasteiger partial charge in [-0.2, -0.15) is 5.26 Å². The first-order chi connectivity index (χ1) is 63.7. The third-order valence-electron chi connectivity index (χ3n) is 36.9. The van der Waals surface area contributed by atoms with Crippen molar-refractivity contribution < 1.29 is 115 Å². The van der Waals surface area contributed by atoms with Gasteiger partial charge in [0, 0.05) is 30.1 Å². The molecule has 2 aliphatic heterocycles. The van der Waals surface area contributed by atoms with Gasteiger partial charge in [0.05, 0.1) is 67.5 Å². The number of aliphatic hydroxyl groups excluding tert-OH is 1. The molecule has 13 unspecified atom stereocenters. The molecule has 12 bridgehead atoms. The predicted molar refractivity (Wildman–Crippen MR) is 523 cm³/mol. The van der Waals surface area contributed by atoms with Gasteiger partial charge in [-0.15, -0.1) is 0 Å². The quantitative estimate of drug-likeness (QED) is 0.0462. The van der Waals surface area contributed by atoms with E-state index in [1.807, 2.05) is 125 Å². The van der Waals surface area contributed by atoms with Crippen LogP contribution < -0.4 is 0 Å². The van der Waals surface area contributed by atoms with Crippen molar-refractivity contribution in [2.45, 2.75) is 496 Å². The first kappa shape index (κ1) is 116. The molecule has 0 radical (unpaired) electrons. The average Bonchev–Trinajstić information content (AvgIpc) is 1.51. The van der Waals surface area contributed by atoms with E-state index in [-0.39, 0.29) is 129 Å². The number of carboxylic acids is 1. The molecule has 0 aromatic rings. The maximum absolute atomic E-state index is 12.8. The molecule has 782 valence electrons. The number of esters is 10. The Kier molecular flexibility index (Phi) is 39.0. The van der Waals surface area contributed by atoms with E-state index >= 15 is 0 Å². The first-order valence-corrected chi connectivity index (χ1v) is 53.8. The zero-order chi connectivity index (χ0) is 103. The zero-order valence-corrected chi connectivity index (χ0v) is 90.0. The number of ether oxygens (including phenoxy) is 10. The maximum Gasteiger partial charge on any atom is 0.344 e. The third-order valence-corrected chi connectivity index (χ3v) is 36.9. The molecule has 15 aliphatic carbocycles. The molecule has 25 nitrogen and oxygen atoms in total. The van der Waals surface area contributed by atoms with Gasteiger partial charge in [-0.25, -0.2) is 4.79 Å². The van der Waals surface area contributed by atoms with Gasteiger partial charge in [0.1, 0.15) is 52.9 Å². The lowest BCUT2D eigenvalue weighted by Crippen LogP contribution is -2.63. The summed E-state index contributed by atoms with van der Waals surface area (Å²) in [7, 11) is 0. The SMILES string of the molecule is CCC(C)(C)C(=O)OC1(C(C)C)C2CC3CC(C2)CC1C3.CCC(C)(C)C(=O)OC1(C(C)C)CCCCC1.CCC(C)(C)C(=O)OC12CC3CC(CC(O)(C3)C1)C2.CCC(C)(C)C(=O)OC1C2CC3C(=O)OC1C3C2.CCC(C)(C)C(=O)OC1CCCCC1.CCC(C)(C)C(=O)OCC(=O)OC1C2CC3C1OC(=O)C3(C#N)C2.CCC(C)(CO)C(=O)O.CCC1(OC(=O)C(C)(C)CC)CCCC1. The molecular weight excluding hydrogens is 1740 g/mol. The minimum absolute atomic E-state index is 0.0180. The van der Waals surface area contributed by atoms with Gasteiger partial charge in [-0.05, 0) is 376 Å². The van der Waals surface area contributed by atoms with Gasteiger partial charge in [0.15, 0.2) is 12.0 Å². The van der Waals surface area contributed by atoms with E-state index in [0.29, 0.717) is 79.4 Å². The Morgan fingerprint density at radius 2 is 0.891 bits per heavy atom. The van der Waals surface area contributed by atoms with Crippen LogP contribution in [0.15, 0.2) is 0 Å². The second kappa shape index (κ2) is 46.1. The number of fused-ring (bicyclic) bond motifs is 2. The monoisotopic (exact) mass is 1930 g/mol. The summed E-state index contributed by atoms with van der Waals surface area (Å²) in [6, 6.07) is 2.10. The highest BCUT2D eigenvalue weighted by Crippen LogP contribution is 2.65. The summed E-state index contributed by atoms with van der Waals surface area (Å²) in [5, 5.41) is 37.0. The summed E-state index contributed by atoms with van der Waals surface area (Å²) in [5.41, 5.74) is -6.27. The summed E-state index contributed by atoms with van der Waals surface area (Å²) in [5.74, 6) is 2.56. The summed E-state index contributed by atoms with van der Waals surface area (Å²) in [6.45, 7) is 54.6. The van der Waals surface area contributed by atoms with Crippen LogP contribution in [0.25, 0.3) is 0 Å². The molecule has 2 heterocycles. The average molecular weight is 1930 g/mol. The van der Waals surface area contributed by atoms with Crippen LogP contribution in [0.2, 0.25) is 0 Å². The molecule has 15 saturated carbocycles. The van der Waals surface area contributed by atoms with Crippen LogP contribution in [-0.2, 0) is 100 Å². The van der Waals surface area contributed by atoms with Gasteiger partial charge < -0.3 is 62.7 Å². The van der Waals surface area contributed by atoms with E-state index in [4.69, 9.17) is 57.6 Å². The molecular formula is C112H185NO24. The lowest BCUT2D eigenvalue weighted by molar-refractivity contribution is -0.231. The molecule has 0 amide bonds. The number of hydrogen-bond acceptors (Lipinski definition) is 24. The highest BCUT2D eigenvalue weighted by Gasteiger charge is 2.73. The number of nitriles is 1. The fourth-order valence-corrected chi connectivity index (χ4v) is 24.2. The third kappa shape index (κ3) is 26.6. The zero-order valence-electron chi connectivity index (χ0n) is 90.0. The van der Waals surface area contributed by atoms with Crippen LogP contribution >= 0.6 is 0 Å². The minimum atomic E-state index is -1.06. The molecule has 0 aromatic carbocycles. The number of carbonyl (C=O) groups excluding carboxylic acids is 10. The summed E-state index contributed by atoms with van der Waals surface area (Å²) >= 11 is 0. The predicted octanol–water partition coefficient (Wildman–Crippen LogP) is 22.9. The first-order valence-electron chi connectivity index (χ1n) is 53.8. The standard InChI is InChI=1S/C19H32O2.C17H21NO6.C16H26O3.C15H28O2.C14H20O4.C13H24O2.C12H22O2.C6H12O3/c1-6-18(4,5)17(20)21-19(12(2)3)15-8-13-7-14(10-15)11-16(19)9-13;1-4-16(2,3)14(20)22-7-11(19)23-12-9-5-10-13(12)24-15(21)17(10,6-9)8-18;1-4-14(2,3)13(17)19-16-8-11-5-12(9-16)7-15(18,6-11)10-16;1-6-14(4,5)13(16)17-15(12(2)3)10-8-7-9-11-15;1-4-14(2,3)13(16)18-10-7-5-8-9(6-7)12(15)17-11(8)10;1-5-12(3,4)11(14)15-13(6-2)9-7-8-10-13;1-4-12(2,3)11(13)14-10-8-6-5-7-9-10;1-3-6(2,4-7)5(8)9/h12-16H,6-11H2,1-5H3;9-10,12-13H,4-7H2,1-3H3;11-12,18H,4-10H2,1-3H3;12H,6-11H2,1-5H3;7-11H,4-6H2,1-3H3;5-10H2,1-4H3;10H,4-9H2,1-3H3;7H,3-4H2,1-2H3,(H,8,9). The summed E-state index contributed by atoms with van der Waals surface area (Å²) in [6.07, 6.45) is 36.8. The van der Waals surface area contributed by atoms with E-state index in [2.05, 4.69) is 47.6 Å². The molecule has 13 atom stereocenters. The van der Waals surface area contributed by atoms with E-state index in [1.165, 1.54) is 96.8 Å². The molecule has 2 saturated heterocycles. The highest BCUT2D eigenvalue weighted by molar-refractivity contribution is 5.85. The van der Waals surface area contributed by atoms with Gasteiger partial charge in [0.25, 0.3) is 0 Å². The van der Waals surface area contributed by atoms with Crippen LogP contribution in [0.3, 0.4) is 0 Å². The van der Waals surface area contributed by atoms with Crippen LogP contribution in [0, 0.1) is 137 Å². The minimum Gasteiger partial charge on any atom is -0.481 e. The van der Waals surface area contributed by atoms with Crippen LogP contribution in [0.1, 0.15) is 438 Å². The Labute approximate surface area is 823 Å². The van der Waals surface area contributed by atoms with Gasteiger partial charge in [0.2, 0.25) is 0 Å². The summed E-state index contributed by atoms with van der Waals surface area (Å²) in [4.78, 5) is 131. The van der Waals surface area contributed by atoms with Crippen molar-refractivity contribution in [3.63, 3.8) is 0 Å². The van der Waals surface area contributed by atoms with Crippen LogP contribution in [-0.4, -0.2) is 153 Å². The Bertz CT molecular complexity index is 4110. The molecule has 0 aromatic heterocycles. The Hall–Kier alpha value is -6.42. The van der Waals surface area contributed by atoms with Gasteiger partial charge >= 0.3 is 65.7 Å². The van der Waals surface area contributed by atoms with Crippen LogP contribution in [0.5, 0.6) is 0 Å². The normalized spacial score (nSPS) is 32.1. The number of hydrogen-bond donors (Lipinski definition) is 3. The second-order valence-corrected chi connectivity index (χ2v) is 50.0. The van der Waals surface area contributed by atoms with Crippen molar-refractivity contribution in [1.82, 2.24) is 0 Å². The Morgan fingerprint density at radius 1 is 0.453 bits per heavy atom. The lowest BCUT2D eigenvalue weighted by Gasteiger charge is -2.62. The summed E-state index contributed by atoms with van der Waals surface area (Å²) < 4.78 is 56.4. The molecule has 137 heavy (non-hydrogen) atoms. The van der Waals surface area contributed by atoms with Crippen LogP contribution in [0.4, 0.5) is 0 Å². The van der Waals surface area contributed by atoms with E-state index in [1.54, 1.807) is 20.8 Å². The fraction of sp³-hybridized carbons (Fsp3) is 0.893. The Morgan fingerprint density at radius 3 is 1.33 bits per heavy atom. The van der Waals surface area contributed by atoms with Crippen molar-refractivity contribution in [1.29, 1.82) is 5.26 Å². The molecule has 17 aliphatic rings. The van der Waals surface area contributed by atoms with Crippen molar-refractivity contribution in [3.8, 4) is 6.07 Å². The van der Waals surface area contributed by atoms with Crippen molar-refractivity contribution in [3.05, 3.63) is 0 Å². The highest BCUT2D eigenvalue weighted by atomic mass is 16.6. The molecule has 17 rings (SSSR count). The van der Waals surface area contributed by atoms with Crippen molar-refractivity contribution >= 4 is 65.7 Å². The lowest BCUT2D eigenvalue weighted by atomic mass is 9.47. The van der Waals surface area contributed by atoms with Crippen molar-refractivity contribution in [2.75, 3.05) is 13.2 Å². The number of aliphatic hydroxyl groups is 2.